The highest BCUT2D eigenvalue weighted by molar-refractivity contribution is 5.86. The van der Waals surface area contributed by atoms with Gasteiger partial charge in [0, 0.05) is 18.2 Å². The molecule has 122 valence electrons. The molecule has 0 saturated carbocycles. The first-order valence-electron chi connectivity index (χ1n) is 6.76. The number of carbonyl (C=O) groups is 1. The molecule has 0 aliphatic heterocycles. The number of amides is 1. The average Bonchev–Trinajstić information content (AvgIpc) is 2.55. The van der Waals surface area contributed by atoms with Crippen LogP contribution in [-0.4, -0.2) is 22.0 Å². The molecule has 24 heavy (non-hydrogen) atoms. The van der Waals surface area contributed by atoms with Crippen LogP contribution < -0.4 is 5.43 Å². The van der Waals surface area contributed by atoms with Crippen LogP contribution in [0.15, 0.2) is 53.6 Å². The zero-order chi connectivity index (χ0) is 17.5. The normalized spacial score (nSPS) is 10.5. The van der Waals surface area contributed by atoms with Crippen molar-refractivity contribution >= 4 is 23.5 Å². The second-order valence-corrected chi connectivity index (χ2v) is 4.71. The van der Waals surface area contributed by atoms with Crippen LogP contribution >= 0.6 is 0 Å². The number of nitrogens with one attached hydrogen (secondary N) is 1. The van der Waals surface area contributed by atoms with E-state index in [2.05, 4.69) is 10.5 Å². The Kier molecular flexibility index (Phi) is 5.29. The molecule has 1 N–H and O–H groups in total. The number of nitro groups is 2. The Balaban J connectivity index is 1.96. The molecule has 0 radical (unpaired) electrons. The van der Waals surface area contributed by atoms with Crippen LogP contribution in [0, 0.1) is 20.2 Å². The fourth-order valence-electron chi connectivity index (χ4n) is 1.90. The molecule has 0 aliphatic carbocycles. The minimum Gasteiger partial charge on any atom is -0.273 e. The Morgan fingerprint density at radius 1 is 1.04 bits per heavy atom. The van der Waals surface area contributed by atoms with Gasteiger partial charge in [-0.2, -0.15) is 5.10 Å². The van der Waals surface area contributed by atoms with Gasteiger partial charge in [-0.15, -0.1) is 0 Å². The van der Waals surface area contributed by atoms with Crippen LogP contribution in [0.5, 0.6) is 0 Å². The Labute approximate surface area is 135 Å². The molecule has 9 nitrogen and oxygen atoms in total. The highest BCUT2D eigenvalue weighted by Gasteiger charge is 2.10. The number of hydrogen-bond acceptors (Lipinski definition) is 6. The molecule has 0 unspecified atom stereocenters. The Bertz CT molecular complexity index is 802. The minimum absolute atomic E-state index is 0.0216. The van der Waals surface area contributed by atoms with Crippen molar-refractivity contribution in [2.75, 3.05) is 0 Å². The molecular weight excluding hydrogens is 316 g/mol. The van der Waals surface area contributed by atoms with Crippen LogP contribution in [0.1, 0.15) is 11.1 Å². The van der Waals surface area contributed by atoms with Crippen molar-refractivity contribution < 1.29 is 14.6 Å². The predicted molar refractivity (Wildman–Crippen MR) is 85.6 cm³/mol. The summed E-state index contributed by atoms with van der Waals surface area (Å²) in [7, 11) is 0. The van der Waals surface area contributed by atoms with Crippen molar-refractivity contribution in [3.63, 3.8) is 0 Å². The maximum absolute atomic E-state index is 11.7. The number of nitrogens with zero attached hydrogens (tertiary/aromatic N) is 3. The standard InChI is InChI=1S/C15H12N4O5/c20-15(9-11-5-7-13(8-6-11)18(21)22)17-16-10-12-3-1-2-4-14(12)19(23)24/h1-8,10H,9H2,(H,17,20). The van der Waals surface area contributed by atoms with Gasteiger partial charge >= 0.3 is 0 Å². The second-order valence-electron chi connectivity index (χ2n) is 4.71. The van der Waals surface area contributed by atoms with Crippen molar-refractivity contribution in [1.82, 2.24) is 5.43 Å². The van der Waals surface area contributed by atoms with Gasteiger partial charge in [-0.1, -0.05) is 24.3 Å². The predicted octanol–water partition coefficient (Wildman–Crippen LogP) is 2.20. The number of rotatable bonds is 6. The highest BCUT2D eigenvalue weighted by atomic mass is 16.6. The molecule has 0 heterocycles. The fourth-order valence-corrected chi connectivity index (χ4v) is 1.90. The molecule has 0 bridgehead atoms. The Morgan fingerprint density at radius 3 is 2.33 bits per heavy atom. The van der Waals surface area contributed by atoms with Gasteiger partial charge in [0.05, 0.1) is 28.0 Å². The van der Waals surface area contributed by atoms with Gasteiger partial charge in [0.15, 0.2) is 0 Å². The van der Waals surface area contributed by atoms with Crippen molar-refractivity contribution in [2.45, 2.75) is 6.42 Å². The van der Waals surface area contributed by atoms with E-state index in [0.717, 1.165) is 0 Å². The van der Waals surface area contributed by atoms with E-state index in [1.165, 1.54) is 48.7 Å². The molecule has 2 rings (SSSR count). The van der Waals surface area contributed by atoms with E-state index in [4.69, 9.17) is 0 Å². The van der Waals surface area contributed by atoms with Gasteiger partial charge in [-0.05, 0) is 11.6 Å². The molecule has 0 atom stereocenters. The maximum Gasteiger partial charge on any atom is 0.278 e. The van der Waals surface area contributed by atoms with Gasteiger partial charge in [-0.25, -0.2) is 5.43 Å². The number of carbonyl (C=O) groups excluding carboxylic acids is 1. The third-order valence-electron chi connectivity index (χ3n) is 3.04. The minimum atomic E-state index is -0.542. The number of benzene rings is 2. The van der Waals surface area contributed by atoms with E-state index in [1.807, 2.05) is 0 Å². The van der Waals surface area contributed by atoms with E-state index in [9.17, 15) is 25.0 Å². The first-order chi connectivity index (χ1) is 11.5. The lowest BCUT2D eigenvalue weighted by Crippen LogP contribution is -2.19. The third kappa shape index (κ3) is 4.44. The highest BCUT2D eigenvalue weighted by Crippen LogP contribution is 2.15. The topological polar surface area (TPSA) is 128 Å². The quantitative estimate of drug-likeness (QED) is 0.494. The third-order valence-corrected chi connectivity index (χ3v) is 3.04. The lowest BCUT2D eigenvalue weighted by atomic mass is 10.1. The fraction of sp³-hybridized carbons (Fsp3) is 0.0667. The number of nitro benzene ring substituents is 2. The summed E-state index contributed by atoms with van der Waals surface area (Å²) in [5.74, 6) is -0.446. The summed E-state index contributed by atoms with van der Waals surface area (Å²) < 4.78 is 0. The average molecular weight is 328 g/mol. The van der Waals surface area contributed by atoms with Crippen LogP contribution in [0.25, 0.3) is 0 Å². The number of para-hydroxylation sites is 1. The van der Waals surface area contributed by atoms with Gasteiger partial charge < -0.3 is 0 Å². The zero-order valence-corrected chi connectivity index (χ0v) is 12.3. The van der Waals surface area contributed by atoms with E-state index < -0.39 is 15.8 Å². The molecule has 2 aromatic carbocycles. The first-order valence-corrected chi connectivity index (χ1v) is 6.76. The number of hydrazone groups is 1. The SMILES string of the molecule is O=C(Cc1ccc([N+](=O)[O-])cc1)NN=Cc1ccccc1[N+](=O)[O-]. The molecule has 0 aliphatic rings. The van der Waals surface area contributed by atoms with Gasteiger partial charge in [0.1, 0.15) is 0 Å². The molecule has 0 aromatic heterocycles. The smallest absolute Gasteiger partial charge is 0.273 e. The number of non-ortho nitro benzene ring substituents is 1. The summed E-state index contributed by atoms with van der Waals surface area (Å²) in [6, 6.07) is 11.5. The molecule has 0 saturated heterocycles. The van der Waals surface area contributed by atoms with Gasteiger partial charge in [-0.3, -0.25) is 25.0 Å². The molecule has 0 fully saturated rings. The van der Waals surface area contributed by atoms with Crippen LogP contribution in [0.3, 0.4) is 0 Å². The lowest BCUT2D eigenvalue weighted by Gasteiger charge is -2.00. The Hall–Kier alpha value is -3.62. The lowest BCUT2D eigenvalue weighted by molar-refractivity contribution is -0.385. The summed E-state index contributed by atoms with van der Waals surface area (Å²) in [4.78, 5) is 32.1. The molecule has 0 spiro atoms. The summed E-state index contributed by atoms with van der Waals surface area (Å²) in [5.41, 5.74) is 2.92. The maximum atomic E-state index is 11.7. The molecular formula is C15H12N4O5. The summed E-state index contributed by atoms with van der Waals surface area (Å²) in [6.07, 6.45) is 1.16. The van der Waals surface area contributed by atoms with Gasteiger partial charge in [0.2, 0.25) is 5.91 Å². The van der Waals surface area contributed by atoms with Gasteiger partial charge in [0.25, 0.3) is 11.4 Å². The summed E-state index contributed by atoms with van der Waals surface area (Å²) >= 11 is 0. The van der Waals surface area contributed by atoms with Crippen LogP contribution in [-0.2, 0) is 11.2 Å². The van der Waals surface area contributed by atoms with E-state index in [1.54, 1.807) is 6.07 Å². The van der Waals surface area contributed by atoms with Crippen molar-refractivity contribution in [2.24, 2.45) is 5.10 Å². The largest absolute Gasteiger partial charge is 0.278 e. The van der Waals surface area contributed by atoms with E-state index in [0.29, 0.717) is 5.56 Å². The molecule has 1 amide bonds. The van der Waals surface area contributed by atoms with Crippen molar-refractivity contribution in [3.05, 3.63) is 79.9 Å². The first kappa shape index (κ1) is 16.7. The second kappa shape index (κ2) is 7.58. The Morgan fingerprint density at radius 2 is 1.71 bits per heavy atom. The zero-order valence-electron chi connectivity index (χ0n) is 12.3. The number of hydrogen-bond donors (Lipinski definition) is 1. The van der Waals surface area contributed by atoms with E-state index in [-0.39, 0.29) is 23.4 Å². The monoisotopic (exact) mass is 328 g/mol. The van der Waals surface area contributed by atoms with Crippen LogP contribution in [0.2, 0.25) is 0 Å². The molecule has 9 heteroatoms. The summed E-state index contributed by atoms with van der Waals surface area (Å²) in [5, 5.41) is 25.1. The van der Waals surface area contributed by atoms with Crippen molar-refractivity contribution in [1.29, 1.82) is 0 Å². The van der Waals surface area contributed by atoms with Crippen molar-refractivity contribution in [3.8, 4) is 0 Å². The molecule has 2 aromatic rings. The summed E-state index contributed by atoms with van der Waals surface area (Å²) in [6.45, 7) is 0. The van der Waals surface area contributed by atoms with Crippen LogP contribution in [0.4, 0.5) is 11.4 Å². The van der Waals surface area contributed by atoms with E-state index >= 15 is 0 Å².